The maximum Gasteiger partial charge on any atom is 1.00 e. The van der Waals surface area contributed by atoms with Gasteiger partial charge in [-0.15, -0.1) is 5.38 Å². The van der Waals surface area contributed by atoms with Crippen molar-refractivity contribution < 1.29 is 18.9 Å². The van der Waals surface area contributed by atoms with Gasteiger partial charge in [-0.05, 0) is 6.07 Å². The fourth-order valence-electron chi connectivity index (χ4n) is 0.294. The van der Waals surface area contributed by atoms with Gasteiger partial charge in [0.1, 0.15) is 0 Å². The average Bonchev–Trinajstić information content (AvgIpc) is 2.14. The maximum absolute atomic E-state index is 8.15. The number of nitriles is 1. The molecule has 0 radical (unpaired) electrons. The van der Waals surface area contributed by atoms with Gasteiger partial charge in [0.15, 0.2) is 0 Å². The molecule has 0 saturated heterocycles. The minimum absolute atomic E-state index is 0. The molecule has 0 saturated carbocycles. The summed E-state index contributed by atoms with van der Waals surface area (Å²) in [6.07, 6.45) is 0. The van der Waals surface area contributed by atoms with E-state index in [1.54, 1.807) is 6.07 Å². The molecule has 0 aromatic carbocycles. The Labute approximate surface area is 64.1 Å². The van der Waals surface area contributed by atoms with E-state index in [2.05, 4.69) is 5.38 Å². The molecule has 1 aromatic heterocycles. The van der Waals surface area contributed by atoms with Crippen LogP contribution in [0, 0.1) is 16.7 Å². The van der Waals surface area contributed by atoms with Crippen LogP contribution in [-0.4, -0.2) is 0 Å². The van der Waals surface area contributed by atoms with Crippen LogP contribution in [0.4, 0.5) is 0 Å². The van der Waals surface area contributed by atoms with E-state index in [0.717, 1.165) is 0 Å². The average molecular weight is 115 g/mol. The second-order valence-electron chi connectivity index (χ2n) is 1.05. The fraction of sp³-hybridized carbons (Fsp3) is 0. The van der Waals surface area contributed by atoms with Crippen LogP contribution in [0.25, 0.3) is 0 Å². The number of thiophene rings is 1. The monoisotopic (exact) mass is 115 g/mol. The molecule has 1 nitrogen and oxygen atoms in total. The predicted molar refractivity (Wildman–Crippen MR) is 27.9 cm³/mol. The molecule has 8 heavy (non-hydrogen) atoms. The molecule has 0 aliphatic heterocycles. The van der Waals surface area contributed by atoms with Gasteiger partial charge < -0.3 is 0 Å². The topological polar surface area (TPSA) is 23.8 Å². The summed E-state index contributed by atoms with van der Waals surface area (Å²) >= 11 is 1.42. The Morgan fingerprint density at radius 2 is 2.50 bits per heavy atom. The van der Waals surface area contributed by atoms with Crippen LogP contribution in [0.3, 0.4) is 0 Å². The van der Waals surface area contributed by atoms with E-state index in [1.165, 1.54) is 11.3 Å². The maximum atomic E-state index is 8.15. The van der Waals surface area contributed by atoms with Gasteiger partial charge in [0.2, 0.25) is 0 Å². The molecule has 3 heteroatoms. The summed E-state index contributed by atoms with van der Waals surface area (Å²) in [7, 11) is 0. The summed E-state index contributed by atoms with van der Waals surface area (Å²) in [5.41, 5.74) is 0.630. The Balaban J connectivity index is 0.000000490. The third-order valence-electron chi connectivity index (χ3n) is 0.592. The third kappa shape index (κ3) is 1.72. The van der Waals surface area contributed by atoms with Crippen molar-refractivity contribution >= 4 is 11.3 Å². The summed E-state index contributed by atoms with van der Waals surface area (Å²) in [5.74, 6) is 0. The van der Waals surface area contributed by atoms with Crippen LogP contribution in [0.2, 0.25) is 0 Å². The second-order valence-corrected chi connectivity index (χ2v) is 1.76. The minimum atomic E-state index is 0. The smallest absolute Gasteiger partial charge is 0.264 e. The van der Waals surface area contributed by atoms with Crippen LogP contribution in [-0.2, 0) is 0 Å². The van der Waals surface area contributed by atoms with E-state index in [0.29, 0.717) is 5.56 Å². The normalized spacial score (nSPS) is 6.88. The van der Waals surface area contributed by atoms with Crippen LogP contribution in [0.15, 0.2) is 11.4 Å². The predicted octanol–water partition coefficient (Wildman–Crippen LogP) is -1.58. The van der Waals surface area contributed by atoms with E-state index in [1.807, 2.05) is 11.4 Å². The zero-order chi connectivity index (χ0) is 5.11. The SMILES string of the molecule is N#Cc1[c-]scc1.[Li+]. The molecule has 34 valence electrons. The van der Waals surface area contributed by atoms with E-state index < -0.39 is 0 Å². The van der Waals surface area contributed by atoms with Gasteiger partial charge in [0.05, 0.1) is 0 Å². The summed E-state index contributed by atoms with van der Waals surface area (Å²) in [6, 6.07) is 3.70. The Morgan fingerprint density at radius 1 is 1.75 bits per heavy atom. The molecule has 1 rings (SSSR count). The molecule has 1 aromatic rings. The first kappa shape index (κ1) is 7.79. The summed E-state index contributed by atoms with van der Waals surface area (Å²) in [4.78, 5) is 0. The third-order valence-corrected chi connectivity index (χ3v) is 1.20. The first-order valence-corrected chi connectivity index (χ1v) is 2.67. The van der Waals surface area contributed by atoms with Crippen molar-refractivity contribution in [3.63, 3.8) is 0 Å². The van der Waals surface area contributed by atoms with Crippen molar-refractivity contribution in [3.05, 3.63) is 22.4 Å². The van der Waals surface area contributed by atoms with Gasteiger partial charge in [-0.3, -0.25) is 16.6 Å². The van der Waals surface area contributed by atoms with Crippen molar-refractivity contribution in [1.29, 1.82) is 5.26 Å². The summed E-state index contributed by atoms with van der Waals surface area (Å²) < 4.78 is 0. The van der Waals surface area contributed by atoms with Crippen LogP contribution in [0.1, 0.15) is 5.56 Å². The molecule has 0 aliphatic carbocycles. The molecule has 0 unspecified atom stereocenters. The van der Waals surface area contributed by atoms with Gasteiger partial charge >= 0.3 is 18.9 Å². The van der Waals surface area contributed by atoms with Crippen LogP contribution >= 0.6 is 11.3 Å². The summed E-state index contributed by atoms with van der Waals surface area (Å²) in [6.45, 7) is 0. The van der Waals surface area contributed by atoms with Crippen molar-refractivity contribution in [2.45, 2.75) is 0 Å². The van der Waals surface area contributed by atoms with Gasteiger partial charge in [0, 0.05) is 0 Å². The van der Waals surface area contributed by atoms with Gasteiger partial charge in [-0.2, -0.15) is 6.07 Å². The number of rotatable bonds is 0. The number of nitrogens with zero attached hydrogens (tertiary/aromatic N) is 1. The van der Waals surface area contributed by atoms with Crippen molar-refractivity contribution in [1.82, 2.24) is 0 Å². The number of hydrogen-bond acceptors (Lipinski definition) is 2. The molecular formula is C5H2LiNS. The molecule has 0 aliphatic rings. The molecular weight excluding hydrogens is 113 g/mol. The largest absolute Gasteiger partial charge is 1.00 e. The van der Waals surface area contributed by atoms with Crippen molar-refractivity contribution in [2.24, 2.45) is 0 Å². The Bertz CT molecular complexity index is 175. The zero-order valence-corrected chi connectivity index (χ0v) is 5.33. The first-order valence-electron chi connectivity index (χ1n) is 1.79. The van der Waals surface area contributed by atoms with Gasteiger partial charge in [0.25, 0.3) is 0 Å². The quantitative estimate of drug-likeness (QED) is 0.296. The first-order chi connectivity index (χ1) is 3.43. The fourth-order valence-corrected chi connectivity index (χ4v) is 0.806. The van der Waals surface area contributed by atoms with Crippen LogP contribution < -0.4 is 18.9 Å². The standard InChI is InChI=1S/C5H2NS.Li/c6-3-5-1-2-7-4-5;/h1-2H;/q-1;+1. The Kier molecular flexibility index (Phi) is 3.65. The molecule has 1 heterocycles. The van der Waals surface area contributed by atoms with E-state index >= 15 is 0 Å². The molecule has 0 atom stereocenters. The molecule has 0 N–H and O–H groups in total. The number of hydrogen-bond donors (Lipinski definition) is 0. The molecule has 0 amide bonds. The molecule has 0 fully saturated rings. The Hall–Kier alpha value is -0.213. The van der Waals surface area contributed by atoms with E-state index in [-0.39, 0.29) is 18.9 Å². The van der Waals surface area contributed by atoms with Crippen molar-refractivity contribution in [2.75, 3.05) is 0 Å². The second kappa shape index (κ2) is 3.75. The van der Waals surface area contributed by atoms with Gasteiger partial charge in [-0.1, -0.05) is 10.9 Å². The van der Waals surface area contributed by atoms with Gasteiger partial charge in [-0.25, -0.2) is 0 Å². The molecule has 0 bridgehead atoms. The summed E-state index contributed by atoms with van der Waals surface area (Å²) in [5, 5.41) is 12.8. The Morgan fingerprint density at radius 3 is 2.75 bits per heavy atom. The van der Waals surface area contributed by atoms with Crippen molar-refractivity contribution in [3.8, 4) is 6.07 Å². The molecule has 0 spiro atoms. The zero-order valence-electron chi connectivity index (χ0n) is 4.51. The van der Waals surface area contributed by atoms with E-state index in [4.69, 9.17) is 5.26 Å². The van der Waals surface area contributed by atoms with E-state index in [9.17, 15) is 0 Å². The van der Waals surface area contributed by atoms with Crippen LogP contribution in [0.5, 0.6) is 0 Å². The minimum Gasteiger partial charge on any atom is -0.264 e.